The molecule has 1 aromatic heterocycles. The van der Waals surface area contributed by atoms with Crippen LogP contribution in [0.2, 0.25) is 0 Å². The second-order valence-electron chi connectivity index (χ2n) is 6.93. The van der Waals surface area contributed by atoms with Gasteiger partial charge in [-0.3, -0.25) is 14.9 Å². The first-order chi connectivity index (χ1) is 12.9. The first-order valence-corrected chi connectivity index (χ1v) is 9.07. The quantitative estimate of drug-likeness (QED) is 0.896. The van der Waals surface area contributed by atoms with Crippen LogP contribution in [0.25, 0.3) is 0 Å². The number of para-hydroxylation sites is 1. The van der Waals surface area contributed by atoms with Gasteiger partial charge >= 0.3 is 0 Å². The third-order valence-electron chi connectivity index (χ3n) is 5.20. The first-order valence-electron chi connectivity index (χ1n) is 9.07. The summed E-state index contributed by atoms with van der Waals surface area (Å²) >= 11 is 0. The van der Waals surface area contributed by atoms with E-state index in [0.717, 1.165) is 23.2 Å². The number of nitriles is 1. The van der Waals surface area contributed by atoms with E-state index in [9.17, 15) is 14.9 Å². The van der Waals surface area contributed by atoms with Gasteiger partial charge < -0.3 is 9.32 Å². The van der Waals surface area contributed by atoms with Crippen LogP contribution in [0.4, 0.5) is 11.6 Å². The van der Waals surface area contributed by atoms with Crippen molar-refractivity contribution in [2.45, 2.75) is 40.5 Å². The number of nitrogens with one attached hydrogen (secondary N) is 1. The minimum absolute atomic E-state index is 0.0635. The van der Waals surface area contributed by atoms with Gasteiger partial charge in [-0.1, -0.05) is 25.1 Å². The van der Waals surface area contributed by atoms with Gasteiger partial charge in [0.2, 0.25) is 17.7 Å². The summed E-state index contributed by atoms with van der Waals surface area (Å²) in [5.41, 5.74) is 4.06. The smallest absolute Gasteiger partial charge is 0.232 e. The minimum atomic E-state index is -0.487. The zero-order valence-electron chi connectivity index (χ0n) is 16.0. The molecule has 3 rings (SSSR count). The molecule has 1 aliphatic heterocycles. The highest BCUT2D eigenvalue weighted by Crippen LogP contribution is 2.33. The molecule has 1 atom stereocenters. The van der Waals surface area contributed by atoms with E-state index in [-0.39, 0.29) is 24.1 Å². The van der Waals surface area contributed by atoms with Crippen molar-refractivity contribution in [3.63, 3.8) is 0 Å². The zero-order valence-corrected chi connectivity index (χ0v) is 16.0. The molecule has 0 radical (unpaired) electrons. The molecule has 0 saturated carbocycles. The number of hydrogen-bond acceptors (Lipinski definition) is 4. The topological polar surface area (TPSA) is 86.3 Å². The van der Waals surface area contributed by atoms with Crippen molar-refractivity contribution in [3.8, 4) is 6.07 Å². The Morgan fingerprint density at radius 1 is 1.37 bits per heavy atom. The van der Waals surface area contributed by atoms with E-state index in [1.807, 2.05) is 32.0 Å². The van der Waals surface area contributed by atoms with E-state index in [2.05, 4.69) is 11.4 Å². The van der Waals surface area contributed by atoms with Gasteiger partial charge in [0.1, 0.15) is 17.4 Å². The molecular formula is C21H23N3O3. The molecule has 1 fully saturated rings. The molecule has 1 saturated heterocycles. The predicted octanol–water partition coefficient (Wildman–Crippen LogP) is 3.63. The minimum Gasteiger partial charge on any atom is -0.444 e. The fourth-order valence-electron chi connectivity index (χ4n) is 3.55. The average molecular weight is 365 g/mol. The van der Waals surface area contributed by atoms with Crippen LogP contribution in [0.3, 0.4) is 0 Å². The van der Waals surface area contributed by atoms with E-state index >= 15 is 0 Å². The molecular weight excluding hydrogens is 342 g/mol. The van der Waals surface area contributed by atoms with E-state index in [0.29, 0.717) is 23.4 Å². The number of amides is 2. The molecule has 0 spiro atoms. The van der Waals surface area contributed by atoms with Crippen molar-refractivity contribution in [3.05, 3.63) is 46.2 Å². The monoisotopic (exact) mass is 365 g/mol. The Morgan fingerprint density at radius 3 is 2.78 bits per heavy atom. The lowest BCUT2D eigenvalue weighted by Gasteiger charge is -2.22. The van der Waals surface area contributed by atoms with Crippen molar-refractivity contribution in [1.29, 1.82) is 5.26 Å². The van der Waals surface area contributed by atoms with Gasteiger partial charge in [-0.05, 0) is 38.3 Å². The number of aryl methyl sites for hydroxylation is 3. The normalized spacial score (nSPS) is 16.5. The number of nitrogens with zero attached hydrogens (tertiary/aromatic N) is 2. The highest BCUT2D eigenvalue weighted by Gasteiger charge is 2.37. The Labute approximate surface area is 158 Å². The second kappa shape index (κ2) is 7.28. The highest BCUT2D eigenvalue weighted by molar-refractivity contribution is 6.04. The van der Waals surface area contributed by atoms with Crippen LogP contribution in [-0.4, -0.2) is 18.4 Å². The summed E-state index contributed by atoms with van der Waals surface area (Å²) in [5.74, 6) is -0.0970. The summed E-state index contributed by atoms with van der Waals surface area (Å²) in [4.78, 5) is 27.0. The molecule has 1 aromatic carbocycles. The fraction of sp³-hybridized carbons (Fsp3) is 0.381. The number of benzene rings is 1. The van der Waals surface area contributed by atoms with Crippen LogP contribution in [0, 0.1) is 38.0 Å². The molecule has 2 aromatic rings. The van der Waals surface area contributed by atoms with Crippen LogP contribution in [0.15, 0.2) is 22.6 Å². The Balaban J connectivity index is 1.81. The van der Waals surface area contributed by atoms with Crippen molar-refractivity contribution in [2.75, 3.05) is 16.8 Å². The largest absolute Gasteiger partial charge is 0.444 e. The van der Waals surface area contributed by atoms with Crippen LogP contribution in [-0.2, 0) is 16.0 Å². The lowest BCUT2D eigenvalue weighted by molar-refractivity contribution is -0.122. The van der Waals surface area contributed by atoms with E-state index in [1.165, 1.54) is 0 Å². The number of carbonyl (C=O) groups is 2. The summed E-state index contributed by atoms with van der Waals surface area (Å²) in [7, 11) is 0. The summed E-state index contributed by atoms with van der Waals surface area (Å²) in [5, 5.41) is 12.0. The molecule has 1 aliphatic rings. The number of carbonyl (C=O) groups excluding carboxylic acids is 2. The van der Waals surface area contributed by atoms with Gasteiger partial charge in [-0.25, -0.2) is 0 Å². The molecule has 0 bridgehead atoms. The SMILES string of the molecule is CCc1cccc(C)c1N1CC(C(=O)Nc2oc(C)c(C)c2C#N)CC1=O. The van der Waals surface area contributed by atoms with E-state index < -0.39 is 5.92 Å². The van der Waals surface area contributed by atoms with E-state index in [1.54, 1.807) is 18.7 Å². The van der Waals surface area contributed by atoms with Gasteiger partial charge in [0, 0.05) is 24.2 Å². The number of rotatable bonds is 4. The van der Waals surface area contributed by atoms with Gasteiger partial charge in [0.15, 0.2) is 0 Å². The lowest BCUT2D eigenvalue weighted by Crippen LogP contribution is -2.29. The molecule has 27 heavy (non-hydrogen) atoms. The van der Waals surface area contributed by atoms with Gasteiger partial charge in [-0.2, -0.15) is 5.26 Å². The number of hydrogen-bond donors (Lipinski definition) is 1. The predicted molar refractivity (Wildman–Crippen MR) is 103 cm³/mol. The third-order valence-corrected chi connectivity index (χ3v) is 5.20. The molecule has 6 nitrogen and oxygen atoms in total. The number of anilines is 2. The first kappa shape index (κ1) is 18.7. The van der Waals surface area contributed by atoms with Crippen LogP contribution in [0.1, 0.15) is 41.4 Å². The average Bonchev–Trinajstić information content (AvgIpc) is 3.14. The Hall–Kier alpha value is -3.07. The summed E-state index contributed by atoms with van der Waals surface area (Å²) in [6.07, 6.45) is 0.956. The molecule has 1 N–H and O–H groups in total. The maximum atomic E-state index is 12.7. The summed E-state index contributed by atoms with van der Waals surface area (Å²) in [6, 6.07) is 8.03. The molecule has 1 unspecified atom stereocenters. The highest BCUT2D eigenvalue weighted by atomic mass is 16.4. The zero-order chi connectivity index (χ0) is 19.7. The third kappa shape index (κ3) is 3.33. The van der Waals surface area contributed by atoms with Crippen molar-refractivity contribution < 1.29 is 14.0 Å². The summed E-state index contributed by atoms with van der Waals surface area (Å²) in [6.45, 7) is 7.87. The van der Waals surface area contributed by atoms with Crippen molar-refractivity contribution >= 4 is 23.4 Å². The maximum Gasteiger partial charge on any atom is 0.232 e. The second-order valence-corrected chi connectivity index (χ2v) is 6.93. The molecule has 6 heteroatoms. The fourth-order valence-corrected chi connectivity index (χ4v) is 3.55. The van der Waals surface area contributed by atoms with Crippen molar-refractivity contribution in [2.24, 2.45) is 5.92 Å². The Bertz CT molecular complexity index is 952. The standard InChI is InChI=1S/C21H23N3O3/c1-5-15-8-6-7-12(2)19(15)24-11-16(9-18(24)25)20(26)23-21-17(10-22)13(3)14(4)27-21/h6-8,16H,5,9,11H2,1-4H3,(H,23,26). The lowest BCUT2D eigenvalue weighted by atomic mass is 10.0. The van der Waals surface area contributed by atoms with Crippen LogP contribution in [0.5, 0.6) is 0 Å². The Morgan fingerprint density at radius 2 is 2.11 bits per heavy atom. The van der Waals surface area contributed by atoms with Crippen LogP contribution >= 0.6 is 0 Å². The van der Waals surface area contributed by atoms with Crippen LogP contribution < -0.4 is 10.2 Å². The molecule has 140 valence electrons. The summed E-state index contributed by atoms with van der Waals surface area (Å²) < 4.78 is 5.51. The molecule has 2 heterocycles. The molecule has 0 aliphatic carbocycles. The Kier molecular flexibility index (Phi) is 5.04. The molecule has 2 amide bonds. The maximum absolute atomic E-state index is 12.7. The van der Waals surface area contributed by atoms with Gasteiger partial charge in [0.05, 0.1) is 5.92 Å². The van der Waals surface area contributed by atoms with Gasteiger partial charge in [0.25, 0.3) is 0 Å². The van der Waals surface area contributed by atoms with Gasteiger partial charge in [-0.15, -0.1) is 0 Å². The van der Waals surface area contributed by atoms with E-state index in [4.69, 9.17) is 4.42 Å². The van der Waals surface area contributed by atoms with Crippen molar-refractivity contribution in [1.82, 2.24) is 0 Å². The number of furan rings is 1.